The number of thiophene rings is 1. The van der Waals surface area contributed by atoms with Crippen LogP contribution in [0.2, 0.25) is 0 Å². The smallest absolute Gasteiger partial charge is 0.252 e. The van der Waals surface area contributed by atoms with Crippen LogP contribution in [0.4, 0.5) is 0 Å². The molecule has 0 aromatic carbocycles. The number of halogens is 1. The molecule has 0 radical (unpaired) electrons. The molecule has 3 nitrogen and oxygen atoms in total. The van der Waals surface area contributed by atoms with E-state index in [2.05, 4.69) is 32.9 Å². The number of hydrogen-bond acceptors (Lipinski definition) is 3. The maximum Gasteiger partial charge on any atom is 0.252 e. The third-order valence-electron chi connectivity index (χ3n) is 1.99. The van der Waals surface area contributed by atoms with E-state index in [1.165, 1.54) is 0 Å². The molecule has 2 aromatic heterocycles. The van der Waals surface area contributed by atoms with E-state index in [0.29, 0.717) is 12.1 Å². The molecule has 2 rings (SSSR count). The number of carbonyl (C=O) groups excluding carboxylic acids is 1. The van der Waals surface area contributed by atoms with Gasteiger partial charge < -0.3 is 5.32 Å². The number of carbonyl (C=O) groups is 1. The molecule has 0 saturated carbocycles. The van der Waals surface area contributed by atoms with Crippen LogP contribution in [0.1, 0.15) is 16.1 Å². The Bertz CT molecular complexity index is 484. The first-order valence-corrected chi connectivity index (χ1v) is 6.63. The van der Waals surface area contributed by atoms with Crippen molar-refractivity contribution >= 4 is 39.8 Å². The summed E-state index contributed by atoms with van der Waals surface area (Å²) < 4.78 is 1.11. The van der Waals surface area contributed by atoms with Crippen LogP contribution in [0.15, 0.2) is 35.8 Å². The van der Waals surface area contributed by atoms with Gasteiger partial charge in [0.15, 0.2) is 0 Å². The maximum absolute atomic E-state index is 11.7. The molecular formula is C11H9IN2OS. The Morgan fingerprint density at radius 3 is 3.00 bits per heavy atom. The molecule has 2 aromatic rings. The number of pyridine rings is 1. The zero-order valence-corrected chi connectivity index (χ0v) is 11.3. The minimum atomic E-state index is -0.0511. The highest BCUT2D eigenvalue weighted by molar-refractivity contribution is 14.1. The van der Waals surface area contributed by atoms with Crippen molar-refractivity contribution < 1.29 is 4.79 Å². The van der Waals surface area contributed by atoms with Crippen LogP contribution >= 0.6 is 33.9 Å². The number of hydrogen-bond donors (Lipinski definition) is 1. The van der Waals surface area contributed by atoms with Gasteiger partial charge in [-0.1, -0.05) is 6.07 Å². The lowest BCUT2D eigenvalue weighted by atomic mass is 10.3. The number of nitrogens with zero attached hydrogens (tertiary/aromatic N) is 1. The van der Waals surface area contributed by atoms with Crippen molar-refractivity contribution in [1.29, 1.82) is 0 Å². The van der Waals surface area contributed by atoms with Crippen molar-refractivity contribution in [2.24, 2.45) is 0 Å². The summed E-state index contributed by atoms with van der Waals surface area (Å²) in [7, 11) is 0. The average Bonchev–Trinajstić information content (AvgIpc) is 2.74. The summed E-state index contributed by atoms with van der Waals surface area (Å²) in [5.41, 5.74) is 1.58. The topological polar surface area (TPSA) is 42.0 Å². The van der Waals surface area contributed by atoms with E-state index >= 15 is 0 Å². The van der Waals surface area contributed by atoms with E-state index in [1.807, 2.05) is 29.6 Å². The highest BCUT2D eigenvalue weighted by Gasteiger charge is 2.07. The number of rotatable bonds is 3. The molecule has 0 aliphatic rings. The lowest BCUT2D eigenvalue weighted by Crippen LogP contribution is -2.22. The van der Waals surface area contributed by atoms with E-state index in [-0.39, 0.29) is 5.91 Å². The third-order valence-corrected chi connectivity index (χ3v) is 3.77. The first-order chi connectivity index (χ1) is 7.75. The highest BCUT2D eigenvalue weighted by atomic mass is 127. The van der Waals surface area contributed by atoms with Crippen LogP contribution in [-0.2, 0) is 6.54 Å². The Kier molecular flexibility index (Phi) is 3.89. The Morgan fingerprint density at radius 1 is 1.50 bits per heavy atom. The van der Waals surface area contributed by atoms with Gasteiger partial charge in [0.1, 0.15) is 0 Å². The van der Waals surface area contributed by atoms with Gasteiger partial charge in [-0.2, -0.15) is 0 Å². The predicted molar refractivity (Wildman–Crippen MR) is 72.4 cm³/mol. The third kappa shape index (κ3) is 3.02. The molecule has 0 aliphatic heterocycles. The van der Waals surface area contributed by atoms with Gasteiger partial charge in [0.05, 0.1) is 20.7 Å². The van der Waals surface area contributed by atoms with Gasteiger partial charge in [-0.3, -0.25) is 9.78 Å². The number of amides is 1. The molecule has 5 heteroatoms. The van der Waals surface area contributed by atoms with Gasteiger partial charge in [-0.25, -0.2) is 0 Å². The standard InChI is InChI=1S/C11H9IN2OS/c12-10-5-8(7-16-10)11(15)14-6-9-3-1-2-4-13-9/h1-5,7H,6H2,(H,14,15). The summed E-state index contributed by atoms with van der Waals surface area (Å²) >= 11 is 3.76. The second kappa shape index (κ2) is 5.40. The average molecular weight is 344 g/mol. The molecule has 16 heavy (non-hydrogen) atoms. The maximum atomic E-state index is 11.7. The van der Waals surface area contributed by atoms with Gasteiger partial charge in [0.25, 0.3) is 5.91 Å². The molecule has 0 unspecified atom stereocenters. The van der Waals surface area contributed by atoms with Crippen molar-refractivity contribution in [2.75, 3.05) is 0 Å². The molecule has 1 N–H and O–H groups in total. The van der Waals surface area contributed by atoms with Crippen LogP contribution in [0, 0.1) is 2.88 Å². The molecule has 0 fully saturated rings. The van der Waals surface area contributed by atoms with Gasteiger partial charge in [0.2, 0.25) is 0 Å². The van der Waals surface area contributed by atoms with Crippen LogP contribution < -0.4 is 5.32 Å². The number of nitrogens with one attached hydrogen (secondary N) is 1. The van der Waals surface area contributed by atoms with Crippen LogP contribution in [0.25, 0.3) is 0 Å². The predicted octanol–water partition coefficient (Wildman–Crippen LogP) is 2.68. The molecule has 1 amide bonds. The molecule has 0 spiro atoms. The van der Waals surface area contributed by atoms with E-state index in [0.717, 1.165) is 8.58 Å². The van der Waals surface area contributed by atoms with Crippen LogP contribution in [0.3, 0.4) is 0 Å². The largest absolute Gasteiger partial charge is 0.346 e. The SMILES string of the molecule is O=C(NCc1ccccn1)c1csc(I)c1. The molecule has 0 bridgehead atoms. The fraction of sp³-hybridized carbons (Fsp3) is 0.0909. The molecule has 0 saturated heterocycles. The van der Waals surface area contributed by atoms with Gasteiger partial charge in [-0.05, 0) is 40.8 Å². The molecular weight excluding hydrogens is 335 g/mol. The summed E-state index contributed by atoms with van der Waals surface area (Å²) in [5.74, 6) is -0.0511. The Morgan fingerprint density at radius 2 is 2.38 bits per heavy atom. The zero-order valence-electron chi connectivity index (χ0n) is 8.31. The van der Waals surface area contributed by atoms with Crippen molar-refractivity contribution in [3.8, 4) is 0 Å². The second-order valence-electron chi connectivity index (χ2n) is 3.14. The van der Waals surface area contributed by atoms with Crippen molar-refractivity contribution in [3.63, 3.8) is 0 Å². The first-order valence-electron chi connectivity index (χ1n) is 4.68. The van der Waals surface area contributed by atoms with Gasteiger partial charge >= 0.3 is 0 Å². The second-order valence-corrected chi connectivity index (χ2v) is 5.95. The minimum absolute atomic E-state index is 0.0511. The summed E-state index contributed by atoms with van der Waals surface area (Å²) in [4.78, 5) is 15.8. The van der Waals surface area contributed by atoms with Crippen molar-refractivity contribution in [2.45, 2.75) is 6.54 Å². The Labute approximate surface area is 111 Å². The fourth-order valence-corrected chi connectivity index (χ4v) is 2.53. The minimum Gasteiger partial charge on any atom is -0.346 e. The normalized spacial score (nSPS) is 10.1. The van der Waals surface area contributed by atoms with Crippen LogP contribution in [-0.4, -0.2) is 10.9 Å². The first kappa shape index (κ1) is 11.5. The van der Waals surface area contributed by atoms with Crippen molar-refractivity contribution in [3.05, 3.63) is 50.0 Å². The summed E-state index contributed by atoms with van der Waals surface area (Å²) in [6.45, 7) is 0.464. The summed E-state index contributed by atoms with van der Waals surface area (Å²) in [6.07, 6.45) is 1.72. The monoisotopic (exact) mass is 344 g/mol. The summed E-state index contributed by atoms with van der Waals surface area (Å²) in [5, 5.41) is 4.69. The van der Waals surface area contributed by atoms with E-state index in [9.17, 15) is 4.79 Å². The molecule has 0 atom stereocenters. The lowest BCUT2D eigenvalue weighted by Gasteiger charge is -2.02. The Balaban J connectivity index is 1.94. The highest BCUT2D eigenvalue weighted by Crippen LogP contribution is 2.16. The zero-order chi connectivity index (χ0) is 11.4. The van der Waals surface area contributed by atoms with E-state index in [4.69, 9.17) is 0 Å². The van der Waals surface area contributed by atoms with Crippen LogP contribution in [0.5, 0.6) is 0 Å². The van der Waals surface area contributed by atoms with E-state index in [1.54, 1.807) is 17.5 Å². The molecule has 0 aliphatic carbocycles. The quantitative estimate of drug-likeness (QED) is 0.870. The lowest BCUT2D eigenvalue weighted by molar-refractivity contribution is 0.0951. The molecule has 82 valence electrons. The van der Waals surface area contributed by atoms with Crippen molar-refractivity contribution in [1.82, 2.24) is 10.3 Å². The fourth-order valence-electron chi connectivity index (χ4n) is 1.20. The summed E-state index contributed by atoms with van der Waals surface area (Å²) in [6, 6.07) is 7.52. The number of aromatic nitrogens is 1. The van der Waals surface area contributed by atoms with E-state index < -0.39 is 0 Å². The van der Waals surface area contributed by atoms with Gasteiger partial charge in [-0.15, -0.1) is 11.3 Å². The van der Waals surface area contributed by atoms with Gasteiger partial charge in [0, 0.05) is 11.6 Å². The Hall–Kier alpha value is -0.950. The molecule has 2 heterocycles.